The predicted octanol–water partition coefficient (Wildman–Crippen LogP) is 2.04. The van der Waals surface area contributed by atoms with Gasteiger partial charge in [-0.2, -0.15) is 13.2 Å². The van der Waals surface area contributed by atoms with Crippen molar-refractivity contribution in [3.8, 4) is 0 Å². The number of pyridine rings is 1. The molecule has 1 saturated heterocycles. The van der Waals surface area contributed by atoms with Crippen LogP contribution < -0.4 is 0 Å². The van der Waals surface area contributed by atoms with E-state index in [1.807, 2.05) is 0 Å². The second-order valence-electron chi connectivity index (χ2n) is 4.86. The summed E-state index contributed by atoms with van der Waals surface area (Å²) in [4.78, 5) is 27.9. The smallest absolute Gasteiger partial charge is 0.417 e. The zero-order valence-corrected chi connectivity index (χ0v) is 10.9. The van der Waals surface area contributed by atoms with Crippen LogP contribution in [0.15, 0.2) is 18.3 Å². The first-order valence-corrected chi connectivity index (χ1v) is 6.34. The molecule has 1 fully saturated rings. The summed E-state index contributed by atoms with van der Waals surface area (Å²) in [6.45, 7) is 0.433. The Labute approximate surface area is 118 Å². The molecule has 114 valence electrons. The third kappa shape index (κ3) is 3.50. The number of alkyl halides is 3. The largest absolute Gasteiger partial charge is 0.481 e. The Hall–Kier alpha value is -2.12. The molecule has 0 bridgehead atoms. The molecule has 8 heteroatoms. The number of rotatable bonds is 2. The van der Waals surface area contributed by atoms with Crippen LogP contribution in [0.25, 0.3) is 0 Å². The number of carboxylic acid groups (broad SMARTS) is 1. The summed E-state index contributed by atoms with van der Waals surface area (Å²) < 4.78 is 37.2. The number of likely N-dealkylation sites (tertiary alicyclic amines) is 1. The van der Waals surface area contributed by atoms with Gasteiger partial charge in [0.05, 0.1) is 11.5 Å². The molecular weight excluding hydrogens is 289 g/mol. The number of aromatic nitrogens is 1. The van der Waals surface area contributed by atoms with Crippen molar-refractivity contribution in [3.63, 3.8) is 0 Å². The fourth-order valence-corrected chi connectivity index (χ4v) is 2.21. The third-order valence-corrected chi connectivity index (χ3v) is 3.37. The first-order valence-electron chi connectivity index (χ1n) is 6.34. The number of aliphatic carboxylic acids is 1. The Balaban J connectivity index is 2.11. The van der Waals surface area contributed by atoms with Crippen LogP contribution in [0.3, 0.4) is 0 Å². The van der Waals surface area contributed by atoms with E-state index in [1.165, 1.54) is 4.90 Å². The lowest BCUT2D eigenvalue weighted by Gasteiger charge is -2.30. The lowest BCUT2D eigenvalue weighted by Crippen LogP contribution is -2.42. The van der Waals surface area contributed by atoms with Crippen LogP contribution in [-0.2, 0) is 11.0 Å². The first-order chi connectivity index (χ1) is 9.79. The zero-order valence-electron chi connectivity index (χ0n) is 10.9. The van der Waals surface area contributed by atoms with Gasteiger partial charge in [-0.25, -0.2) is 0 Å². The lowest BCUT2D eigenvalue weighted by molar-refractivity contribution is -0.143. The molecule has 1 atom stereocenters. The van der Waals surface area contributed by atoms with E-state index in [0.717, 1.165) is 12.1 Å². The van der Waals surface area contributed by atoms with Gasteiger partial charge in [-0.05, 0) is 25.0 Å². The highest BCUT2D eigenvalue weighted by atomic mass is 19.4. The molecule has 1 aliphatic rings. The molecule has 0 saturated carbocycles. The summed E-state index contributed by atoms with van der Waals surface area (Å²) in [5.41, 5.74) is -1.05. The van der Waals surface area contributed by atoms with Gasteiger partial charge in [0, 0.05) is 19.3 Å². The van der Waals surface area contributed by atoms with E-state index in [-0.39, 0.29) is 12.2 Å². The monoisotopic (exact) mass is 302 g/mol. The quantitative estimate of drug-likeness (QED) is 0.907. The van der Waals surface area contributed by atoms with Crippen molar-refractivity contribution in [2.45, 2.75) is 19.0 Å². The lowest BCUT2D eigenvalue weighted by atomic mass is 9.98. The first kappa shape index (κ1) is 15.3. The third-order valence-electron chi connectivity index (χ3n) is 3.37. The molecule has 1 N–H and O–H groups in total. The van der Waals surface area contributed by atoms with Gasteiger partial charge in [0.1, 0.15) is 5.69 Å². The fraction of sp³-hybridized carbons (Fsp3) is 0.462. The maximum Gasteiger partial charge on any atom is 0.417 e. The molecule has 0 aliphatic carbocycles. The molecule has 1 aliphatic heterocycles. The Morgan fingerprint density at radius 2 is 2.05 bits per heavy atom. The van der Waals surface area contributed by atoms with Crippen LogP contribution in [0.2, 0.25) is 0 Å². The van der Waals surface area contributed by atoms with Gasteiger partial charge in [-0.3, -0.25) is 14.6 Å². The number of carboxylic acids is 1. The number of halogens is 3. The molecule has 0 spiro atoms. The number of hydrogen-bond acceptors (Lipinski definition) is 3. The summed E-state index contributed by atoms with van der Waals surface area (Å²) >= 11 is 0. The number of carbonyl (C=O) groups excluding carboxylic acids is 1. The summed E-state index contributed by atoms with van der Waals surface area (Å²) in [7, 11) is 0. The molecule has 0 aromatic carbocycles. The van der Waals surface area contributed by atoms with Crippen molar-refractivity contribution in [3.05, 3.63) is 29.6 Å². The van der Waals surface area contributed by atoms with Crippen LogP contribution in [-0.4, -0.2) is 40.0 Å². The van der Waals surface area contributed by atoms with Gasteiger partial charge in [-0.15, -0.1) is 0 Å². The molecule has 1 amide bonds. The summed E-state index contributed by atoms with van der Waals surface area (Å²) in [6, 6.07) is 1.80. The topological polar surface area (TPSA) is 70.5 Å². The molecule has 1 aromatic heterocycles. The van der Waals surface area contributed by atoms with Crippen molar-refractivity contribution >= 4 is 11.9 Å². The van der Waals surface area contributed by atoms with Crippen LogP contribution in [0, 0.1) is 5.92 Å². The SMILES string of the molecule is O=C(O)C1CCCN(C(=O)c2ccc(C(F)(F)F)cn2)C1. The van der Waals surface area contributed by atoms with Crippen molar-refractivity contribution in [1.29, 1.82) is 0 Å². The van der Waals surface area contributed by atoms with Gasteiger partial charge in [0.15, 0.2) is 0 Å². The van der Waals surface area contributed by atoms with Gasteiger partial charge >= 0.3 is 12.1 Å². The van der Waals surface area contributed by atoms with Crippen LogP contribution in [0.5, 0.6) is 0 Å². The molecule has 1 unspecified atom stereocenters. The molecule has 1 aromatic rings. The minimum absolute atomic E-state index is 0.0524. The molecule has 5 nitrogen and oxygen atoms in total. The minimum atomic E-state index is -4.51. The van der Waals surface area contributed by atoms with Crippen molar-refractivity contribution in [2.24, 2.45) is 5.92 Å². The Kier molecular flexibility index (Phi) is 4.15. The van der Waals surface area contributed by atoms with Gasteiger partial charge in [0.2, 0.25) is 0 Å². The highest BCUT2D eigenvalue weighted by Crippen LogP contribution is 2.28. The van der Waals surface area contributed by atoms with E-state index in [2.05, 4.69) is 4.98 Å². The van der Waals surface area contributed by atoms with Crippen molar-refractivity contribution in [1.82, 2.24) is 9.88 Å². The molecular formula is C13H13F3N2O3. The molecule has 2 heterocycles. The Morgan fingerprint density at radius 3 is 2.57 bits per heavy atom. The van der Waals surface area contributed by atoms with Crippen LogP contribution in [0.1, 0.15) is 28.9 Å². The van der Waals surface area contributed by atoms with Gasteiger partial charge in [-0.1, -0.05) is 0 Å². The maximum absolute atomic E-state index is 12.4. The van der Waals surface area contributed by atoms with E-state index in [4.69, 9.17) is 5.11 Å². The highest BCUT2D eigenvalue weighted by molar-refractivity contribution is 5.92. The van der Waals surface area contributed by atoms with E-state index in [0.29, 0.717) is 25.6 Å². The average Bonchev–Trinajstić information content (AvgIpc) is 2.46. The molecule has 0 radical (unpaired) electrons. The highest BCUT2D eigenvalue weighted by Gasteiger charge is 2.32. The summed E-state index contributed by atoms with van der Waals surface area (Å²) in [6.07, 6.45) is -2.87. The van der Waals surface area contributed by atoms with Crippen LogP contribution >= 0.6 is 0 Å². The van der Waals surface area contributed by atoms with Gasteiger partial charge in [0.25, 0.3) is 5.91 Å². The minimum Gasteiger partial charge on any atom is -0.481 e. The van der Waals surface area contributed by atoms with E-state index in [9.17, 15) is 22.8 Å². The predicted molar refractivity (Wildman–Crippen MR) is 65.5 cm³/mol. The maximum atomic E-state index is 12.4. The number of hydrogen-bond donors (Lipinski definition) is 1. The van der Waals surface area contributed by atoms with Crippen molar-refractivity contribution in [2.75, 3.05) is 13.1 Å². The Morgan fingerprint density at radius 1 is 1.33 bits per heavy atom. The van der Waals surface area contributed by atoms with Crippen molar-refractivity contribution < 1.29 is 27.9 Å². The Bertz CT molecular complexity index is 543. The van der Waals surface area contributed by atoms with Crippen LogP contribution in [0.4, 0.5) is 13.2 Å². The number of amides is 1. The summed E-state index contributed by atoms with van der Waals surface area (Å²) in [5.74, 6) is -2.17. The second kappa shape index (κ2) is 5.71. The molecule has 2 rings (SSSR count). The van der Waals surface area contributed by atoms with E-state index >= 15 is 0 Å². The van der Waals surface area contributed by atoms with E-state index < -0.39 is 29.5 Å². The standard InChI is InChI=1S/C13H13F3N2O3/c14-13(15,16)9-3-4-10(17-6-9)11(19)18-5-1-2-8(7-18)12(20)21/h3-4,6,8H,1-2,5,7H2,(H,20,21). The summed E-state index contributed by atoms with van der Waals surface area (Å²) in [5, 5.41) is 8.96. The number of nitrogens with zero attached hydrogens (tertiary/aromatic N) is 2. The second-order valence-corrected chi connectivity index (χ2v) is 4.86. The zero-order chi connectivity index (χ0) is 15.6. The number of carbonyl (C=O) groups is 2. The van der Waals surface area contributed by atoms with Gasteiger partial charge < -0.3 is 10.0 Å². The average molecular weight is 302 g/mol. The normalized spacial score (nSPS) is 19.4. The molecule has 21 heavy (non-hydrogen) atoms. The number of piperidine rings is 1. The fourth-order valence-electron chi connectivity index (χ4n) is 2.21. The van der Waals surface area contributed by atoms with E-state index in [1.54, 1.807) is 0 Å².